The lowest BCUT2D eigenvalue weighted by molar-refractivity contribution is 0.0794. The Balaban J connectivity index is 2.87. The van der Waals surface area contributed by atoms with Gasteiger partial charge < -0.3 is 10.3 Å². The molecular formula is C13H21N3O. The molecule has 0 unspecified atom stereocenters. The summed E-state index contributed by atoms with van der Waals surface area (Å²) in [6, 6.07) is 5.61. The average Bonchev–Trinajstić information content (AvgIpc) is 2.34. The molecule has 0 bridgehead atoms. The van der Waals surface area contributed by atoms with E-state index in [1.165, 1.54) is 0 Å². The van der Waals surface area contributed by atoms with E-state index in [4.69, 9.17) is 5.84 Å². The summed E-state index contributed by atoms with van der Waals surface area (Å²) in [7, 11) is 1.82. The molecule has 0 spiro atoms. The minimum atomic E-state index is 0.00593. The fourth-order valence-corrected chi connectivity index (χ4v) is 1.67. The zero-order chi connectivity index (χ0) is 12.8. The van der Waals surface area contributed by atoms with Gasteiger partial charge in [-0.2, -0.15) is 0 Å². The van der Waals surface area contributed by atoms with Crippen LogP contribution in [-0.4, -0.2) is 24.4 Å². The maximum Gasteiger partial charge on any atom is 0.255 e. The van der Waals surface area contributed by atoms with E-state index in [0.717, 1.165) is 24.9 Å². The Kier molecular flexibility index (Phi) is 4.97. The molecule has 0 saturated carbocycles. The van der Waals surface area contributed by atoms with Crippen LogP contribution >= 0.6 is 0 Å². The zero-order valence-electron chi connectivity index (χ0n) is 10.8. The van der Waals surface area contributed by atoms with Crippen LogP contribution in [-0.2, 0) is 0 Å². The smallest absolute Gasteiger partial charge is 0.255 e. The molecule has 4 heteroatoms. The highest BCUT2D eigenvalue weighted by Gasteiger charge is 2.14. The highest BCUT2D eigenvalue weighted by atomic mass is 16.2. The molecule has 4 nitrogen and oxygen atoms in total. The Morgan fingerprint density at radius 2 is 2.18 bits per heavy atom. The molecule has 0 atom stereocenters. The van der Waals surface area contributed by atoms with Crippen LogP contribution in [0.25, 0.3) is 0 Å². The third kappa shape index (κ3) is 3.46. The number of unbranched alkanes of at least 4 members (excludes halogenated alkanes) is 1. The first-order valence-corrected chi connectivity index (χ1v) is 5.92. The van der Waals surface area contributed by atoms with Crippen molar-refractivity contribution in [3.8, 4) is 0 Å². The molecule has 17 heavy (non-hydrogen) atoms. The van der Waals surface area contributed by atoms with Gasteiger partial charge in [0, 0.05) is 13.6 Å². The molecule has 1 amide bonds. The summed E-state index contributed by atoms with van der Waals surface area (Å²) in [5.74, 6) is 5.44. The SMILES string of the molecule is CCCCN(C)C(=O)c1ccc(C)cc1NN. The van der Waals surface area contributed by atoms with Gasteiger partial charge in [-0.3, -0.25) is 10.6 Å². The van der Waals surface area contributed by atoms with Crippen LogP contribution in [0.1, 0.15) is 35.7 Å². The van der Waals surface area contributed by atoms with Crippen LogP contribution in [0, 0.1) is 6.92 Å². The maximum absolute atomic E-state index is 12.2. The molecule has 1 rings (SSSR count). The summed E-state index contributed by atoms with van der Waals surface area (Å²) in [6.07, 6.45) is 2.09. The van der Waals surface area contributed by atoms with E-state index in [1.807, 2.05) is 32.2 Å². The monoisotopic (exact) mass is 235 g/mol. The van der Waals surface area contributed by atoms with Crippen LogP contribution in [0.2, 0.25) is 0 Å². The molecule has 1 aromatic rings. The number of benzene rings is 1. The summed E-state index contributed by atoms with van der Waals surface area (Å²) in [4.78, 5) is 13.9. The van der Waals surface area contributed by atoms with Gasteiger partial charge in [0.15, 0.2) is 0 Å². The van der Waals surface area contributed by atoms with Crippen LogP contribution in [0.3, 0.4) is 0 Å². The van der Waals surface area contributed by atoms with Crippen molar-refractivity contribution in [2.45, 2.75) is 26.7 Å². The lowest BCUT2D eigenvalue weighted by atomic mass is 10.1. The molecule has 94 valence electrons. The summed E-state index contributed by atoms with van der Waals surface area (Å²) in [5.41, 5.74) is 4.96. The van der Waals surface area contributed by atoms with Gasteiger partial charge in [0.2, 0.25) is 0 Å². The number of amides is 1. The summed E-state index contributed by atoms with van der Waals surface area (Å²) >= 11 is 0. The second kappa shape index (κ2) is 6.25. The highest BCUT2D eigenvalue weighted by Crippen LogP contribution is 2.18. The molecule has 3 N–H and O–H groups in total. The van der Waals surface area contributed by atoms with E-state index in [9.17, 15) is 4.79 Å². The Labute approximate surface area is 103 Å². The molecule has 0 aliphatic heterocycles. The fraction of sp³-hybridized carbons (Fsp3) is 0.462. The number of aryl methyl sites for hydroxylation is 1. The Bertz CT molecular complexity index is 390. The Morgan fingerprint density at radius 3 is 2.76 bits per heavy atom. The van der Waals surface area contributed by atoms with E-state index in [-0.39, 0.29) is 5.91 Å². The number of carbonyl (C=O) groups is 1. The summed E-state index contributed by atoms with van der Waals surface area (Å²) < 4.78 is 0. The Hall–Kier alpha value is -1.55. The third-order valence-corrected chi connectivity index (χ3v) is 2.75. The second-order valence-electron chi connectivity index (χ2n) is 4.27. The lowest BCUT2D eigenvalue weighted by Gasteiger charge is -2.18. The van der Waals surface area contributed by atoms with Crippen molar-refractivity contribution in [2.75, 3.05) is 19.0 Å². The predicted octanol–water partition coefficient (Wildman–Crippen LogP) is 2.15. The number of nitrogens with two attached hydrogens (primary N) is 1. The molecule has 1 aromatic carbocycles. The molecule has 0 fully saturated rings. The first kappa shape index (κ1) is 13.5. The van der Waals surface area contributed by atoms with Crippen LogP contribution in [0.4, 0.5) is 5.69 Å². The average molecular weight is 235 g/mol. The molecule has 0 radical (unpaired) electrons. The van der Waals surface area contributed by atoms with Crippen molar-refractivity contribution in [3.05, 3.63) is 29.3 Å². The van der Waals surface area contributed by atoms with Gasteiger partial charge in [-0.25, -0.2) is 0 Å². The topological polar surface area (TPSA) is 58.4 Å². The first-order chi connectivity index (χ1) is 8.10. The van der Waals surface area contributed by atoms with Gasteiger partial charge >= 0.3 is 0 Å². The van der Waals surface area contributed by atoms with Crippen molar-refractivity contribution in [2.24, 2.45) is 5.84 Å². The number of nitrogens with one attached hydrogen (secondary N) is 1. The molecule has 0 aliphatic carbocycles. The lowest BCUT2D eigenvalue weighted by Crippen LogP contribution is -2.29. The van der Waals surface area contributed by atoms with Crippen molar-refractivity contribution < 1.29 is 4.79 Å². The first-order valence-electron chi connectivity index (χ1n) is 5.92. The van der Waals surface area contributed by atoms with Crippen LogP contribution in [0.15, 0.2) is 18.2 Å². The molecular weight excluding hydrogens is 214 g/mol. The van der Waals surface area contributed by atoms with Gasteiger partial charge in [-0.15, -0.1) is 0 Å². The van der Waals surface area contributed by atoms with Gasteiger partial charge in [0.05, 0.1) is 11.3 Å². The number of hydrogen-bond donors (Lipinski definition) is 2. The van der Waals surface area contributed by atoms with E-state index in [1.54, 1.807) is 4.90 Å². The maximum atomic E-state index is 12.2. The van der Waals surface area contributed by atoms with Gasteiger partial charge in [0.25, 0.3) is 5.91 Å². The summed E-state index contributed by atoms with van der Waals surface area (Å²) in [5, 5.41) is 0. The number of nitrogen functional groups attached to an aromatic ring is 1. The molecule has 0 aliphatic rings. The van der Waals surface area contributed by atoms with Gasteiger partial charge in [-0.1, -0.05) is 19.4 Å². The number of hydrogen-bond acceptors (Lipinski definition) is 3. The van der Waals surface area contributed by atoms with E-state index in [2.05, 4.69) is 12.3 Å². The highest BCUT2D eigenvalue weighted by molar-refractivity contribution is 5.99. The van der Waals surface area contributed by atoms with E-state index >= 15 is 0 Å². The van der Waals surface area contributed by atoms with Crippen molar-refractivity contribution >= 4 is 11.6 Å². The quantitative estimate of drug-likeness (QED) is 0.607. The van der Waals surface area contributed by atoms with Gasteiger partial charge in [0.1, 0.15) is 0 Å². The molecule has 0 aromatic heterocycles. The molecule has 0 heterocycles. The predicted molar refractivity (Wildman–Crippen MR) is 70.9 cm³/mol. The number of nitrogens with zero attached hydrogens (tertiary/aromatic N) is 1. The second-order valence-corrected chi connectivity index (χ2v) is 4.27. The van der Waals surface area contributed by atoms with E-state index in [0.29, 0.717) is 11.3 Å². The minimum Gasteiger partial charge on any atom is -0.342 e. The number of rotatable bonds is 5. The van der Waals surface area contributed by atoms with Crippen molar-refractivity contribution in [3.63, 3.8) is 0 Å². The number of hydrazine groups is 1. The molecule has 0 saturated heterocycles. The largest absolute Gasteiger partial charge is 0.342 e. The van der Waals surface area contributed by atoms with Crippen LogP contribution < -0.4 is 11.3 Å². The number of carbonyl (C=O) groups excluding carboxylic acids is 1. The van der Waals surface area contributed by atoms with E-state index < -0.39 is 0 Å². The zero-order valence-corrected chi connectivity index (χ0v) is 10.8. The fourth-order valence-electron chi connectivity index (χ4n) is 1.67. The normalized spacial score (nSPS) is 10.1. The van der Waals surface area contributed by atoms with Crippen LogP contribution in [0.5, 0.6) is 0 Å². The van der Waals surface area contributed by atoms with Crippen molar-refractivity contribution in [1.29, 1.82) is 0 Å². The van der Waals surface area contributed by atoms with Gasteiger partial charge in [-0.05, 0) is 31.0 Å². The number of anilines is 1. The van der Waals surface area contributed by atoms with Crippen molar-refractivity contribution in [1.82, 2.24) is 4.90 Å². The standard InChI is InChI=1S/C13H21N3O/c1-4-5-8-16(3)13(17)11-7-6-10(2)9-12(11)15-14/h6-7,9,15H,4-5,8,14H2,1-3H3. The Morgan fingerprint density at radius 1 is 1.47 bits per heavy atom. The third-order valence-electron chi connectivity index (χ3n) is 2.75. The minimum absolute atomic E-state index is 0.00593. The summed E-state index contributed by atoms with van der Waals surface area (Å²) in [6.45, 7) is 4.85.